The van der Waals surface area contributed by atoms with E-state index in [4.69, 9.17) is 9.72 Å². The lowest BCUT2D eigenvalue weighted by Crippen LogP contribution is -2.39. The molecule has 1 atom stereocenters. The molecule has 230 valence electrons. The summed E-state index contributed by atoms with van der Waals surface area (Å²) in [5, 5.41) is 17.7. The van der Waals surface area contributed by atoms with Crippen LogP contribution in [-0.2, 0) is 9.53 Å². The van der Waals surface area contributed by atoms with E-state index >= 15 is 0 Å². The van der Waals surface area contributed by atoms with Crippen molar-refractivity contribution in [2.24, 2.45) is 5.92 Å². The topological polar surface area (TPSA) is 131 Å². The Morgan fingerprint density at radius 3 is 2.59 bits per heavy atom. The highest BCUT2D eigenvalue weighted by Crippen LogP contribution is 2.34. The van der Waals surface area contributed by atoms with E-state index in [1.54, 1.807) is 13.2 Å². The third-order valence-electron chi connectivity index (χ3n) is 8.01. The molecule has 2 aromatic heterocycles. The van der Waals surface area contributed by atoms with Gasteiger partial charge in [-0.15, -0.1) is 0 Å². The van der Waals surface area contributed by atoms with Gasteiger partial charge in [-0.3, -0.25) is 14.8 Å². The van der Waals surface area contributed by atoms with Crippen LogP contribution in [0.15, 0.2) is 60.8 Å². The standard InChI is InChI=1S/C32H39N9O3/c1-39(2)24-9-11-25(12-10-24)40(3)32(43)44-30-5-4-16-41(30)31-27(36-29(42)20-33-18-21-6-7-21)14-15-28(37-31)35-23-8-13-26-22(17-23)19-34-38-26/h8-15,17,19,21,30,33H,4-7,16,18,20H2,1-3H3,(H,34,38)(H,35,37)(H,36,42)/t30-/m0/s1. The average molecular weight is 598 g/mol. The summed E-state index contributed by atoms with van der Waals surface area (Å²) in [5.41, 5.74) is 4.13. The van der Waals surface area contributed by atoms with Crippen LogP contribution in [0.3, 0.4) is 0 Å². The lowest BCUT2D eigenvalue weighted by molar-refractivity contribution is -0.115. The summed E-state index contributed by atoms with van der Waals surface area (Å²) < 4.78 is 6.03. The summed E-state index contributed by atoms with van der Waals surface area (Å²) in [7, 11) is 5.64. The lowest BCUT2D eigenvalue weighted by Gasteiger charge is -2.29. The Bertz CT molecular complexity index is 1620. The summed E-state index contributed by atoms with van der Waals surface area (Å²) in [4.78, 5) is 36.6. The number of amides is 2. The zero-order chi connectivity index (χ0) is 30.6. The van der Waals surface area contributed by atoms with Crippen molar-refractivity contribution in [2.75, 3.05) is 66.1 Å². The van der Waals surface area contributed by atoms with Gasteiger partial charge in [-0.25, -0.2) is 9.78 Å². The Morgan fingerprint density at radius 2 is 1.82 bits per heavy atom. The molecule has 1 aliphatic carbocycles. The molecule has 0 unspecified atom stereocenters. The molecule has 0 bridgehead atoms. The van der Waals surface area contributed by atoms with Crippen molar-refractivity contribution >= 4 is 57.3 Å². The molecule has 2 aromatic carbocycles. The lowest BCUT2D eigenvalue weighted by atomic mass is 10.2. The molecular weight excluding hydrogens is 558 g/mol. The van der Waals surface area contributed by atoms with Crippen molar-refractivity contribution in [3.8, 4) is 0 Å². The molecule has 2 amide bonds. The minimum atomic E-state index is -0.542. The van der Waals surface area contributed by atoms with Gasteiger partial charge in [0.05, 0.1) is 23.9 Å². The van der Waals surface area contributed by atoms with E-state index in [0.29, 0.717) is 36.2 Å². The summed E-state index contributed by atoms with van der Waals surface area (Å²) >= 11 is 0. The number of pyridine rings is 1. The summed E-state index contributed by atoms with van der Waals surface area (Å²) in [6.07, 6.45) is 4.66. The van der Waals surface area contributed by atoms with Crippen molar-refractivity contribution in [3.05, 3.63) is 60.8 Å². The average Bonchev–Trinajstić information content (AvgIpc) is 3.52. The molecule has 44 heavy (non-hydrogen) atoms. The number of carbonyl (C=O) groups excluding carboxylic acids is 2. The van der Waals surface area contributed by atoms with Crippen LogP contribution in [0.25, 0.3) is 10.9 Å². The molecule has 1 saturated heterocycles. The third kappa shape index (κ3) is 6.86. The second-order valence-electron chi connectivity index (χ2n) is 11.6. The van der Waals surface area contributed by atoms with Crippen LogP contribution in [0.5, 0.6) is 0 Å². The van der Waals surface area contributed by atoms with Gasteiger partial charge in [-0.1, -0.05) is 0 Å². The molecule has 6 rings (SSSR count). The number of H-pyrrole nitrogens is 1. The second-order valence-corrected chi connectivity index (χ2v) is 11.6. The number of aromatic nitrogens is 3. The van der Waals surface area contributed by atoms with Gasteiger partial charge >= 0.3 is 6.09 Å². The number of benzene rings is 2. The number of ether oxygens (including phenoxy) is 1. The number of aromatic amines is 1. The molecule has 0 radical (unpaired) electrons. The van der Waals surface area contributed by atoms with Crippen molar-refractivity contribution in [2.45, 2.75) is 31.9 Å². The Hall–Kier alpha value is -4.84. The number of fused-ring (bicyclic) bond motifs is 1. The molecule has 2 fully saturated rings. The van der Waals surface area contributed by atoms with Crippen LogP contribution in [-0.4, -0.2) is 74.2 Å². The van der Waals surface area contributed by atoms with Gasteiger partial charge < -0.3 is 30.5 Å². The van der Waals surface area contributed by atoms with Crippen LogP contribution >= 0.6 is 0 Å². The first kappa shape index (κ1) is 29.2. The highest BCUT2D eigenvalue weighted by Gasteiger charge is 2.32. The first-order valence-electron chi connectivity index (χ1n) is 15.0. The molecule has 4 aromatic rings. The predicted octanol–water partition coefficient (Wildman–Crippen LogP) is 4.90. The molecule has 4 N–H and O–H groups in total. The minimum absolute atomic E-state index is 0.145. The number of anilines is 6. The van der Waals surface area contributed by atoms with Crippen molar-refractivity contribution in [1.82, 2.24) is 20.5 Å². The Kier molecular flexibility index (Phi) is 8.51. The fourth-order valence-corrected chi connectivity index (χ4v) is 5.29. The second kappa shape index (κ2) is 12.8. The van der Waals surface area contributed by atoms with Crippen LogP contribution in [0.1, 0.15) is 25.7 Å². The fraction of sp³-hybridized carbons (Fsp3) is 0.375. The molecular formula is C32H39N9O3. The van der Waals surface area contributed by atoms with Gasteiger partial charge in [-0.05, 0) is 86.3 Å². The van der Waals surface area contributed by atoms with Crippen LogP contribution < -0.4 is 30.7 Å². The van der Waals surface area contributed by atoms with Crippen LogP contribution in [0.2, 0.25) is 0 Å². The van der Waals surface area contributed by atoms with Crippen molar-refractivity contribution in [3.63, 3.8) is 0 Å². The molecule has 1 saturated carbocycles. The van der Waals surface area contributed by atoms with Gasteiger partial charge in [0.25, 0.3) is 0 Å². The van der Waals surface area contributed by atoms with E-state index in [9.17, 15) is 9.59 Å². The number of rotatable bonds is 11. The largest absolute Gasteiger partial charge is 0.425 e. The van der Waals surface area contributed by atoms with Gasteiger partial charge in [0.1, 0.15) is 5.82 Å². The normalized spacial score (nSPS) is 16.2. The highest BCUT2D eigenvalue weighted by atomic mass is 16.6. The molecule has 1 aliphatic heterocycles. The third-order valence-corrected chi connectivity index (χ3v) is 8.01. The predicted molar refractivity (Wildman–Crippen MR) is 174 cm³/mol. The molecule has 0 spiro atoms. The van der Waals surface area contributed by atoms with Gasteiger partial charge in [0.2, 0.25) is 5.91 Å². The zero-order valence-corrected chi connectivity index (χ0v) is 25.3. The van der Waals surface area contributed by atoms with Crippen LogP contribution in [0.4, 0.5) is 39.2 Å². The maximum absolute atomic E-state index is 13.3. The quantitative estimate of drug-likeness (QED) is 0.191. The van der Waals surface area contributed by atoms with Crippen molar-refractivity contribution < 1.29 is 14.3 Å². The smallest absolute Gasteiger partial charge is 0.415 e. The number of nitrogens with zero attached hydrogens (tertiary/aromatic N) is 5. The number of hydrogen-bond donors (Lipinski definition) is 4. The highest BCUT2D eigenvalue weighted by molar-refractivity contribution is 5.95. The summed E-state index contributed by atoms with van der Waals surface area (Å²) in [5.74, 6) is 1.68. The number of hydrogen-bond acceptors (Lipinski definition) is 9. The Labute approximate surface area is 256 Å². The van der Waals surface area contributed by atoms with Gasteiger partial charge in [0.15, 0.2) is 12.0 Å². The SMILES string of the molecule is CN(C)c1ccc(N(C)C(=O)O[C@H]2CCCN2c2nc(Nc3ccc4[nH]ncc4c3)ccc2NC(=O)CNCC2CC2)cc1. The molecule has 12 heteroatoms. The molecule has 2 aliphatic rings. The number of carbonyl (C=O) groups is 2. The maximum atomic E-state index is 13.3. The van der Waals surface area contributed by atoms with E-state index in [2.05, 4.69) is 26.1 Å². The Balaban J connectivity index is 1.21. The summed E-state index contributed by atoms with van der Waals surface area (Å²) in [6, 6.07) is 17.3. The Morgan fingerprint density at radius 1 is 1.02 bits per heavy atom. The fourth-order valence-electron chi connectivity index (χ4n) is 5.29. The molecule has 12 nitrogen and oxygen atoms in total. The number of nitrogens with one attached hydrogen (secondary N) is 4. The monoisotopic (exact) mass is 597 g/mol. The van der Waals surface area contributed by atoms with Gasteiger partial charge in [-0.2, -0.15) is 5.10 Å². The molecule has 3 heterocycles. The van der Waals surface area contributed by atoms with Gasteiger partial charge in [0, 0.05) is 56.6 Å². The van der Waals surface area contributed by atoms with E-state index in [1.165, 1.54) is 17.7 Å². The first-order chi connectivity index (χ1) is 21.3. The minimum Gasteiger partial charge on any atom is -0.425 e. The van der Waals surface area contributed by atoms with E-state index in [0.717, 1.165) is 40.9 Å². The maximum Gasteiger partial charge on any atom is 0.415 e. The van der Waals surface area contributed by atoms with E-state index in [1.807, 2.05) is 78.5 Å². The zero-order valence-electron chi connectivity index (χ0n) is 25.3. The first-order valence-corrected chi connectivity index (χ1v) is 15.0. The van der Waals surface area contributed by atoms with E-state index in [-0.39, 0.29) is 12.5 Å². The van der Waals surface area contributed by atoms with Crippen LogP contribution in [0, 0.1) is 5.92 Å². The summed E-state index contributed by atoms with van der Waals surface area (Å²) in [6.45, 7) is 1.69. The van der Waals surface area contributed by atoms with Crippen molar-refractivity contribution in [1.29, 1.82) is 0 Å². The van der Waals surface area contributed by atoms with E-state index < -0.39 is 12.3 Å².